The Hall–Kier alpha value is -3.26. The molecule has 0 saturated carbocycles. The van der Waals surface area contributed by atoms with Gasteiger partial charge in [0.25, 0.3) is 5.91 Å². The number of hydrazone groups is 1. The van der Waals surface area contributed by atoms with E-state index in [-0.39, 0.29) is 11.9 Å². The summed E-state index contributed by atoms with van der Waals surface area (Å²) in [4.78, 5) is 15.8. The minimum Gasteiger partial charge on any atom is -0.497 e. The van der Waals surface area contributed by atoms with Crippen molar-refractivity contribution in [1.82, 2.24) is 9.91 Å². The Morgan fingerprint density at radius 3 is 2.23 bits per heavy atom. The van der Waals surface area contributed by atoms with Crippen molar-refractivity contribution in [1.29, 1.82) is 0 Å². The summed E-state index contributed by atoms with van der Waals surface area (Å²) in [6.07, 6.45) is 2.74. The highest BCUT2D eigenvalue weighted by Crippen LogP contribution is 2.41. The van der Waals surface area contributed by atoms with Crippen LogP contribution in [0.1, 0.15) is 43.4 Å². The molecule has 8 nitrogen and oxygen atoms in total. The fraction of sp³-hybridized carbons (Fsp3) is 0.481. The highest BCUT2D eigenvalue weighted by atomic mass is 16.5. The number of hydrogen-bond acceptors (Lipinski definition) is 7. The van der Waals surface area contributed by atoms with Gasteiger partial charge in [-0.05, 0) is 62.2 Å². The summed E-state index contributed by atoms with van der Waals surface area (Å²) in [5, 5.41) is 6.47. The monoisotopic (exact) mass is 481 g/mol. The lowest BCUT2D eigenvalue weighted by Crippen LogP contribution is -2.41. The Balaban J connectivity index is 1.70. The van der Waals surface area contributed by atoms with Crippen LogP contribution >= 0.6 is 0 Å². The molecule has 0 bridgehead atoms. The number of nitrogens with zero attached hydrogens (tertiary/aromatic N) is 3. The summed E-state index contributed by atoms with van der Waals surface area (Å²) in [5.41, 5.74) is 2.47. The summed E-state index contributed by atoms with van der Waals surface area (Å²) >= 11 is 0. The van der Waals surface area contributed by atoms with Gasteiger partial charge in [-0.1, -0.05) is 6.92 Å². The van der Waals surface area contributed by atoms with E-state index in [1.807, 2.05) is 36.4 Å². The fourth-order valence-corrected chi connectivity index (χ4v) is 4.77. The summed E-state index contributed by atoms with van der Waals surface area (Å²) in [5.74, 6) is 3.42. The number of piperidine rings is 1. The highest BCUT2D eigenvalue weighted by Gasteiger charge is 2.36. The van der Waals surface area contributed by atoms with Gasteiger partial charge in [0.2, 0.25) is 0 Å². The van der Waals surface area contributed by atoms with Crippen molar-refractivity contribution >= 4 is 11.6 Å². The molecule has 2 heterocycles. The zero-order valence-corrected chi connectivity index (χ0v) is 21.2. The lowest BCUT2D eigenvalue weighted by Gasteiger charge is -2.31. The normalized spacial score (nSPS) is 18.8. The van der Waals surface area contributed by atoms with Crippen LogP contribution in [0.3, 0.4) is 0 Å². The molecular weight excluding hydrogens is 446 g/mol. The second kappa shape index (κ2) is 11.0. The van der Waals surface area contributed by atoms with Crippen LogP contribution in [-0.4, -0.2) is 69.6 Å². The number of carbonyl (C=O) groups excluding carboxylic acids is 1. The molecule has 1 amide bonds. The second-order valence-corrected chi connectivity index (χ2v) is 9.14. The molecule has 2 aliphatic heterocycles. The SMILES string of the molecule is COc1ccc(C2=NN(C(=O)CN3CCC(C)CC3)C(c3cc(OC)ccc3OC)C2)c(OC)c1. The van der Waals surface area contributed by atoms with Crippen molar-refractivity contribution in [2.24, 2.45) is 11.0 Å². The van der Waals surface area contributed by atoms with E-state index in [4.69, 9.17) is 24.0 Å². The molecule has 0 spiro atoms. The van der Waals surface area contributed by atoms with Gasteiger partial charge in [-0.3, -0.25) is 9.69 Å². The summed E-state index contributed by atoms with van der Waals surface area (Å²) in [7, 11) is 6.51. The molecule has 2 aromatic rings. The smallest absolute Gasteiger partial charge is 0.257 e. The van der Waals surface area contributed by atoms with Gasteiger partial charge in [-0.2, -0.15) is 5.10 Å². The molecule has 0 N–H and O–H groups in total. The molecule has 0 aliphatic carbocycles. The van der Waals surface area contributed by atoms with E-state index < -0.39 is 0 Å². The van der Waals surface area contributed by atoms with Gasteiger partial charge in [-0.15, -0.1) is 0 Å². The van der Waals surface area contributed by atoms with Crippen molar-refractivity contribution in [2.75, 3.05) is 48.1 Å². The maximum atomic E-state index is 13.6. The third-order valence-corrected chi connectivity index (χ3v) is 6.92. The molecule has 1 atom stereocenters. The van der Waals surface area contributed by atoms with Crippen LogP contribution in [0, 0.1) is 5.92 Å². The molecule has 188 valence electrons. The number of amides is 1. The predicted molar refractivity (Wildman–Crippen MR) is 135 cm³/mol. The van der Waals surface area contributed by atoms with Gasteiger partial charge in [0.05, 0.1) is 46.7 Å². The minimum atomic E-state index is -0.321. The van der Waals surface area contributed by atoms with Gasteiger partial charge in [0.1, 0.15) is 23.0 Å². The number of hydrogen-bond donors (Lipinski definition) is 0. The third-order valence-electron chi connectivity index (χ3n) is 6.92. The quantitative estimate of drug-likeness (QED) is 0.565. The Bertz CT molecular complexity index is 1080. The van der Waals surface area contributed by atoms with Gasteiger partial charge in [0, 0.05) is 23.6 Å². The molecule has 0 radical (unpaired) electrons. The molecule has 1 fully saturated rings. The van der Waals surface area contributed by atoms with Crippen molar-refractivity contribution in [3.8, 4) is 23.0 Å². The van der Waals surface area contributed by atoms with E-state index in [2.05, 4.69) is 11.8 Å². The maximum Gasteiger partial charge on any atom is 0.257 e. The molecule has 4 rings (SSSR count). The van der Waals surface area contributed by atoms with Crippen LogP contribution in [-0.2, 0) is 4.79 Å². The van der Waals surface area contributed by atoms with Crippen molar-refractivity contribution in [3.05, 3.63) is 47.5 Å². The molecule has 0 aromatic heterocycles. The van der Waals surface area contributed by atoms with Gasteiger partial charge in [0.15, 0.2) is 0 Å². The van der Waals surface area contributed by atoms with Crippen LogP contribution < -0.4 is 18.9 Å². The molecule has 8 heteroatoms. The zero-order valence-electron chi connectivity index (χ0n) is 21.2. The first kappa shape index (κ1) is 24.9. The summed E-state index contributed by atoms with van der Waals surface area (Å²) < 4.78 is 22.1. The standard InChI is InChI=1S/C27H35N3O5/c1-18-10-12-29(13-11-18)17-27(31)30-24(22-14-19(32-2)7-9-25(22)34-4)16-23(28-30)21-8-6-20(33-3)15-26(21)35-5/h6-9,14-15,18,24H,10-13,16-17H2,1-5H3. The van der Waals surface area contributed by atoms with Crippen LogP contribution in [0.5, 0.6) is 23.0 Å². The zero-order chi connectivity index (χ0) is 24.9. The van der Waals surface area contributed by atoms with E-state index >= 15 is 0 Å². The lowest BCUT2D eigenvalue weighted by molar-refractivity contribution is -0.134. The van der Waals surface area contributed by atoms with E-state index in [1.165, 1.54) is 0 Å². The van der Waals surface area contributed by atoms with Crippen molar-refractivity contribution in [3.63, 3.8) is 0 Å². The van der Waals surface area contributed by atoms with Crippen LogP contribution in [0.25, 0.3) is 0 Å². The van der Waals surface area contributed by atoms with Crippen molar-refractivity contribution in [2.45, 2.75) is 32.2 Å². The first-order valence-electron chi connectivity index (χ1n) is 12.0. The molecular formula is C27H35N3O5. The first-order valence-corrected chi connectivity index (χ1v) is 12.0. The average molecular weight is 482 g/mol. The molecule has 1 unspecified atom stereocenters. The number of rotatable bonds is 8. The van der Waals surface area contributed by atoms with E-state index in [1.54, 1.807) is 33.4 Å². The Kier molecular flexibility index (Phi) is 7.80. The van der Waals surface area contributed by atoms with Gasteiger partial charge >= 0.3 is 0 Å². The summed E-state index contributed by atoms with van der Waals surface area (Å²) in [6.45, 7) is 4.46. The lowest BCUT2D eigenvalue weighted by atomic mass is 9.96. The van der Waals surface area contributed by atoms with Gasteiger partial charge in [-0.25, -0.2) is 5.01 Å². The number of carbonyl (C=O) groups is 1. The van der Waals surface area contributed by atoms with Crippen LogP contribution in [0.4, 0.5) is 0 Å². The van der Waals surface area contributed by atoms with E-state index in [0.29, 0.717) is 41.9 Å². The van der Waals surface area contributed by atoms with Crippen LogP contribution in [0.2, 0.25) is 0 Å². The number of benzene rings is 2. The number of likely N-dealkylation sites (tertiary alicyclic amines) is 1. The summed E-state index contributed by atoms with van der Waals surface area (Å²) in [6, 6.07) is 11.0. The highest BCUT2D eigenvalue weighted by molar-refractivity contribution is 6.05. The topological polar surface area (TPSA) is 72.8 Å². The number of ether oxygens (including phenoxy) is 4. The molecule has 2 aliphatic rings. The predicted octanol–water partition coefficient (Wildman–Crippen LogP) is 4.13. The van der Waals surface area contributed by atoms with E-state index in [0.717, 1.165) is 42.8 Å². The van der Waals surface area contributed by atoms with Gasteiger partial charge < -0.3 is 18.9 Å². The minimum absolute atomic E-state index is 0.0306. The molecule has 35 heavy (non-hydrogen) atoms. The largest absolute Gasteiger partial charge is 0.497 e. The molecule has 1 saturated heterocycles. The Labute approximate surface area is 207 Å². The Morgan fingerprint density at radius 1 is 0.914 bits per heavy atom. The third kappa shape index (κ3) is 5.37. The second-order valence-electron chi connectivity index (χ2n) is 9.14. The fourth-order valence-electron chi connectivity index (χ4n) is 4.77. The maximum absolute atomic E-state index is 13.6. The molecule has 2 aromatic carbocycles. The van der Waals surface area contributed by atoms with E-state index in [9.17, 15) is 4.79 Å². The Morgan fingerprint density at radius 2 is 1.57 bits per heavy atom. The first-order chi connectivity index (χ1) is 17.0. The number of methoxy groups -OCH3 is 4. The van der Waals surface area contributed by atoms with Crippen LogP contribution in [0.15, 0.2) is 41.5 Å². The average Bonchev–Trinajstić information content (AvgIpc) is 3.34. The van der Waals surface area contributed by atoms with Crippen molar-refractivity contribution < 1.29 is 23.7 Å².